The number of nitrogens with one attached hydrogen (secondary N) is 1. The molecule has 1 N–H and O–H groups in total. The van der Waals surface area contributed by atoms with E-state index in [1.165, 1.54) is 34.6 Å². The third-order valence-electron chi connectivity index (χ3n) is 6.93. The fourth-order valence-corrected chi connectivity index (χ4v) is 6.62. The fraction of sp³-hybridized carbons (Fsp3) is 0.346. The number of carbonyl (C=O) groups is 4. The summed E-state index contributed by atoms with van der Waals surface area (Å²) in [5.74, 6) is -1.18. The Balaban J connectivity index is 1.31. The third kappa shape index (κ3) is 4.76. The van der Waals surface area contributed by atoms with Gasteiger partial charge in [0, 0.05) is 13.1 Å². The van der Waals surface area contributed by atoms with Crippen molar-refractivity contribution >= 4 is 49.8 Å². The van der Waals surface area contributed by atoms with Crippen LogP contribution in [0.4, 0.5) is 4.79 Å². The van der Waals surface area contributed by atoms with Crippen LogP contribution in [-0.4, -0.2) is 88.8 Å². The number of hydrogen-bond acceptors (Lipinski definition) is 7. The summed E-state index contributed by atoms with van der Waals surface area (Å²) in [5.41, 5.74) is 2.80. The molecular formula is C26H28BN5O5S. The standard InChI is InChI=1S/C26H28BN5O5S/c1-17-8-10-19(11-9-17)15-28-32-13-5-12-31(25(32)36)26(24(35)37-27)16-30-22(34)21(23(30)38-26)29-20(33)14-18-6-3-2-4-7-18/h2-4,6-11,15,21,23H,5,12-14,16,27H2,1H3,(H,29,33)/b28-15+/t21-,23-,26-/m1/s1. The summed E-state index contributed by atoms with van der Waals surface area (Å²) < 4.78 is 5.13. The van der Waals surface area contributed by atoms with Crippen LogP contribution in [0.5, 0.6) is 0 Å². The first kappa shape index (κ1) is 25.8. The monoisotopic (exact) mass is 533 g/mol. The van der Waals surface area contributed by atoms with Crippen LogP contribution in [0, 0.1) is 6.92 Å². The SMILES string of the molecule is BOC(=O)[C@@]1(N2CCCN(/N=C/c3ccc(C)cc3)C2=O)CN2C(=O)[C@@H](NC(=O)Cc3ccccc3)[C@H]2S1. The van der Waals surface area contributed by atoms with E-state index in [1.807, 2.05) is 61.5 Å². The highest BCUT2D eigenvalue weighted by Gasteiger charge is 2.66. The van der Waals surface area contributed by atoms with Crippen LogP contribution in [0.3, 0.4) is 0 Å². The lowest BCUT2D eigenvalue weighted by molar-refractivity contribution is -0.151. The van der Waals surface area contributed by atoms with Gasteiger partial charge in [-0.15, -0.1) is 0 Å². The Kier molecular flexibility index (Phi) is 7.16. The van der Waals surface area contributed by atoms with E-state index in [0.717, 1.165) is 16.7 Å². The Labute approximate surface area is 225 Å². The van der Waals surface area contributed by atoms with Gasteiger partial charge in [0.1, 0.15) is 11.4 Å². The van der Waals surface area contributed by atoms with Crippen LogP contribution in [0.25, 0.3) is 0 Å². The minimum Gasteiger partial charge on any atom is -0.541 e. The van der Waals surface area contributed by atoms with E-state index in [-0.39, 0.29) is 24.8 Å². The van der Waals surface area contributed by atoms with Crippen LogP contribution in [0.15, 0.2) is 59.7 Å². The number of β-lactam (4-membered cyclic amide) rings is 1. The normalized spacial score (nSPS) is 24.8. The minimum absolute atomic E-state index is 0.0137. The second-order valence-corrected chi connectivity index (χ2v) is 10.9. The van der Waals surface area contributed by atoms with E-state index in [1.54, 1.807) is 6.21 Å². The van der Waals surface area contributed by atoms with Gasteiger partial charge in [-0.25, -0.2) is 9.80 Å². The first-order valence-electron chi connectivity index (χ1n) is 12.4. The van der Waals surface area contributed by atoms with Crippen LogP contribution >= 0.6 is 11.8 Å². The quantitative estimate of drug-likeness (QED) is 0.322. The lowest BCUT2D eigenvalue weighted by Crippen LogP contribution is -2.68. The number of benzene rings is 2. The summed E-state index contributed by atoms with van der Waals surface area (Å²) in [6.45, 7) is 2.70. The smallest absolute Gasteiger partial charge is 0.342 e. The number of carbonyl (C=O) groups excluding carboxylic acids is 4. The van der Waals surface area contributed by atoms with Crippen molar-refractivity contribution in [2.24, 2.45) is 5.10 Å². The lowest BCUT2D eigenvalue weighted by Gasteiger charge is -2.42. The number of amides is 4. The van der Waals surface area contributed by atoms with Gasteiger partial charge in [-0.2, -0.15) is 5.10 Å². The first-order valence-corrected chi connectivity index (χ1v) is 13.3. The Morgan fingerprint density at radius 2 is 1.89 bits per heavy atom. The van der Waals surface area contributed by atoms with Crippen molar-refractivity contribution in [3.63, 3.8) is 0 Å². The maximum atomic E-state index is 13.5. The van der Waals surface area contributed by atoms with Crippen LogP contribution in [-0.2, 0) is 25.5 Å². The largest absolute Gasteiger partial charge is 0.541 e. The minimum atomic E-state index is -1.43. The van der Waals surface area contributed by atoms with Gasteiger partial charge in [0.2, 0.25) is 16.7 Å². The van der Waals surface area contributed by atoms with Crippen molar-refractivity contribution in [3.05, 3.63) is 71.3 Å². The topological polar surface area (TPSA) is 112 Å². The highest BCUT2D eigenvalue weighted by atomic mass is 32.2. The number of rotatable bonds is 7. The molecule has 0 unspecified atom stereocenters. The van der Waals surface area contributed by atoms with E-state index in [4.69, 9.17) is 4.65 Å². The van der Waals surface area contributed by atoms with Crippen LogP contribution in [0.1, 0.15) is 23.1 Å². The van der Waals surface area contributed by atoms with Crippen molar-refractivity contribution in [2.45, 2.75) is 36.1 Å². The van der Waals surface area contributed by atoms with Gasteiger partial charge in [0.05, 0.1) is 19.2 Å². The molecule has 3 aliphatic rings. The summed E-state index contributed by atoms with van der Waals surface area (Å²) in [7, 11) is 1.27. The Bertz CT molecular complexity index is 1280. The molecule has 0 aliphatic carbocycles. The molecule has 2 aromatic rings. The highest BCUT2D eigenvalue weighted by molar-refractivity contribution is 8.02. The second kappa shape index (κ2) is 10.5. The molecule has 5 rings (SSSR count). The zero-order valence-corrected chi connectivity index (χ0v) is 22.0. The van der Waals surface area contributed by atoms with Crippen molar-refractivity contribution in [1.29, 1.82) is 0 Å². The van der Waals surface area contributed by atoms with E-state index in [9.17, 15) is 19.2 Å². The molecule has 196 valence electrons. The van der Waals surface area contributed by atoms with E-state index in [0.29, 0.717) is 19.5 Å². The molecule has 0 spiro atoms. The molecule has 3 fully saturated rings. The van der Waals surface area contributed by atoms with Gasteiger partial charge in [0.15, 0.2) is 0 Å². The highest BCUT2D eigenvalue weighted by Crippen LogP contribution is 2.50. The van der Waals surface area contributed by atoms with Crippen LogP contribution in [0.2, 0.25) is 0 Å². The summed E-state index contributed by atoms with van der Waals surface area (Å²) in [5, 5.41) is 8.04. The number of hydrogen-bond donors (Lipinski definition) is 1. The predicted molar refractivity (Wildman–Crippen MR) is 145 cm³/mol. The lowest BCUT2D eigenvalue weighted by atomic mass is 10.0. The number of hydrazone groups is 1. The number of fused-ring (bicyclic) bond motifs is 1. The molecule has 3 atom stereocenters. The zero-order chi connectivity index (χ0) is 26.9. The molecule has 12 heteroatoms. The van der Waals surface area contributed by atoms with Gasteiger partial charge in [0.25, 0.3) is 0 Å². The average Bonchev–Trinajstić information content (AvgIpc) is 3.29. The number of nitrogens with zero attached hydrogens (tertiary/aromatic N) is 4. The van der Waals surface area contributed by atoms with Crippen molar-refractivity contribution < 1.29 is 23.8 Å². The Morgan fingerprint density at radius 1 is 1.16 bits per heavy atom. The molecule has 0 radical (unpaired) electrons. The number of thioether (sulfide) groups is 1. The third-order valence-corrected chi connectivity index (χ3v) is 8.61. The number of urea groups is 1. The van der Waals surface area contributed by atoms with Crippen LogP contribution < -0.4 is 5.32 Å². The predicted octanol–water partition coefficient (Wildman–Crippen LogP) is 0.887. The summed E-state index contributed by atoms with van der Waals surface area (Å²) in [4.78, 5) is 53.8. The second-order valence-electron chi connectivity index (χ2n) is 9.52. The van der Waals surface area contributed by atoms with Crippen molar-refractivity contribution in [2.75, 3.05) is 19.6 Å². The van der Waals surface area contributed by atoms with E-state index in [2.05, 4.69) is 10.4 Å². The Hall–Kier alpha value is -3.80. The molecule has 4 amide bonds. The van der Waals surface area contributed by atoms with E-state index < -0.39 is 28.3 Å². The maximum absolute atomic E-state index is 13.5. The van der Waals surface area contributed by atoms with Gasteiger partial charge in [-0.1, -0.05) is 71.9 Å². The fourth-order valence-electron chi connectivity index (χ4n) is 4.90. The molecule has 0 bridgehead atoms. The molecule has 2 aromatic carbocycles. The average molecular weight is 533 g/mol. The first-order chi connectivity index (χ1) is 18.3. The summed E-state index contributed by atoms with van der Waals surface area (Å²) in [6, 6.07) is 15.8. The molecule has 0 aromatic heterocycles. The molecule has 3 aliphatic heterocycles. The van der Waals surface area contributed by atoms with Gasteiger partial charge in [-0.3, -0.25) is 19.3 Å². The van der Waals surface area contributed by atoms with Gasteiger partial charge in [-0.05, 0) is 24.5 Å². The Morgan fingerprint density at radius 3 is 2.61 bits per heavy atom. The molecule has 3 saturated heterocycles. The summed E-state index contributed by atoms with van der Waals surface area (Å²) >= 11 is 1.17. The number of aryl methyl sites for hydroxylation is 1. The summed E-state index contributed by atoms with van der Waals surface area (Å²) in [6.07, 6.45) is 2.34. The maximum Gasteiger partial charge on any atom is 0.342 e. The molecule has 10 nitrogen and oxygen atoms in total. The molecule has 3 heterocycles. The molecule has 0 saturated carbocycles. The molecular weight excluding hydrogens is 505 g/mol. The molecule has 38 heavy (non-hydrogen) atoms. The van der Waals surface area contributed by atoms with E-state index >= 15 is 0 Å². The van der Waals surface area contributed by atoms with Crippen molar-refractivity contribution in [3.8, 4) is 0 Å². The van der Waals surface area contributed by atoms with Crippen molar-refractivity contribution in [1.82, 2.24) is 20.1 Å². The van der Waals surface area contributed by atoms with Gasteiger partial charge >= 0.3 is 20.0 Å². The van der Waals surface area contributed by atoms with Gasteiger partial charge < -0.3 is 14.9 Å². The zero-order valence-electron chi connectivity index (χ0n) is 21.2.